The summed E-state index contributed by atoms with van der Waals surface area (Å²) in [5, 5.41) is 11.5. The van der Waals surface area contributed by atoms with Gasteiger partial charge >= 0.3 is 0 Å². The van der Waals surface area contributed by atoms with E-state index in [1.165, 1.54) is 24.0 Å². The van der Waals surface area contributed by atoms with Crippen LogP contribution < -0.4 is 11.5 Å². The molecular weight excluding hydrogens is 308 g/mol. The van der Waals surface area contributed by atoms with E-state index in [-0.39, 0.29) is 16.9 Å². The molecule has 0 bridgehead atoms. The highest BCUT2D eigenvalue weighted by Crippen LogP contribution is 2.69. The minimum absolute atomic E-state index is 0.0156. The fourth-order valence-electron chi connectivity index (χ4n) is 7.65. The summed E-state index contributed by atoms with van der Waals surface area (Å²) >= 11 is 0. The third-order valence-electron chi connectivity index (χ3n) is 9.08. The average Bonchev–Trinajstić information content (AvgIpc) is 3.13. The van der Waals surface area contributed by atoms with Crippen molar-refractivity contribution < 1.29 is 5.11 Å². The lowest BCUT2D eigenvalue weighted by atomic mass is 9.48. The molecule has 136 valence electrons. The molecule has 0 aliphatic heterocycles. The van der Waals surface area contributed by atoms with Gasteiger partial charge in [0.05, 0.1) is 6.10 Å². The van der Waals surface area contributed by atoms with Gasteiger partial charge in [0.25, 0.3) is 0 Å². The topological polar surface area (TPSA) is 72.3 Å². The molecule has 0 unspecified atom stereocenters. The Morgan fingerprint density at radius 2 is 1.76 bits per heavy atom. The minimum Gasteiger partial charge on any atom is -0.392 e. The predicted molar refractivity (Wildman–Crippen MR) is 100 cm³/mol. The third-order valence-corrected chi connectivity index (χ3v) is 9.08. The van der Waals surface area contributed by atoms with Crippen LogP contribution in [0, 0.1) is 10.8 Å². The van der Waals surface area contributed by atoms with Crippen molar-refractivity contribution in [1.82, 2.24) is 0 Å². The van der Waals surface area contributed by atoms with E-state index >= 15 is 0 Å². The molecule has 0 amide bonds. The van der Waals surface area contributed by atoms with Crippen molar-refractivity contribution in [1.29, 1.82) is 0 Å². The first-order chi connectivity index (χ1) is 11.9. The van der Waals surface area contributed by atoms with Crippen LogP contribution in [0.15, 0.2) is 24.3 Å². The zero-order valence-electron chi connectivity index (χ0n) is 15.4. The third kappa shape index (κ3) is 1.73. The number of aliphatic hydroxyl groups excluding tert-OH is 1. The van der Waals surface area contributed by atoms with E-state index in [9.17, 15) is 5.11 Å². The van der Waals surface area contributed by atoms with Gasteiger partial charge in [0.2, 0.25) is 0 Å². The number of aryl methyl sites for hydroxylation is 1. The van der Waals surface area contributed by atoms with E-state index in [4.69, 9.17) is 11.5 Å². The molecule has 3 heteroatoms. The van der Waals surface area contributed by atoms with Crippen molar-refractivity contribution in [2.75, 3.05) is 0 Å². The van der Waals surface area contributed by atoms with Crippen LogP contribution in [-0.4, -0.2) is 22.3 Å². The Kier molecular flexibility index (Phi) is 3.18. The number of rotatable bonds is 0. The van der Waals surface area contributed by atoms with Crippen LogP contribution in [0.4, 0.5) is 0 Å². The normalized spacial score (nSPS) is 47.4. The Bertz CT molecular complexity index is 712. The number of nitrogens with two attached hydrogens (primary N) is 2. The summed E-state index contributed by atoms with van der Waals surface area (Å²) in [4.78, 5) is 0. The lowest BCUT2D eigenvalue weighted by Gasteiger charge is -2.62. The monoisotopic (exact) mass is 340 g/mol. The maximum absolute atomic E-state index is 11.5. The number of hydrogen-bond acceptors (Lipinski definition) is 3. The van der Waals surface area contributed by atoms with E-state index in [2.05, 4.69) is 31.2 Å². The molecule has 0 aromatic heterocycles. The molecule has 4 aliphatic rings. The second-order valence-corrected chi connectivity index (χ2v) is 9.87. The average molecular weight is 341 g/mol. The second-order valence-electron chi connectivity index (χ2n) is 9.87. The fourth-order valence-corrected chi connectivity index (χ4v) is 7.65. The van der Waals surface area contributed by atoms with Crippen LogP contribution in [0.25, 0.3) is 0 Å². The van der Waals surface area contributed by atoms with Gasteiger partial charge in [-0.2, -0.15) is 0 Å². The first-order valence-electron chi connectivity index (χ1n) is 10.2. The molecule has 1 aromatic rings. The van der Waals surface area contributed by atoms with Gasteiger partial charge in [-0.3, -0.25) is 0 Å². The summed E-state index contributed by atoms with van der Waals surface area (Å²) < 4.78 is 0. The molecule has 0 saturated heterocycles. The molecule has 5 N–H and O–H groups in total. The summed E-state index contributed by atoms with van der Waals surface area (Å²) in [6.45, 7) is 2.25. The molecule has 5 atom stereocenters. The molecule has 0 radical (unpaired) electrons. The minimum atomic E-state index is -0.472. The van der Waals surface area contributed by atoms with Gasteiger partial charge in [0, 0.05) is 22.4 Å². The highest BCUT2D eigenvalue weighted by atomic mass is 16.3. The second kappa shape index (κ2) is 4.88. The Morgan fingerprint density at radius 1 is 1.04 bits per heavy atom. The highest BCUT2D eigenvalue weighted by Gasteiger charge is 2.74. The van der Waals surface area contributed by atoms with Crippen LogP contribution in [-0.2, 0) is 6.42 Å². The van der Waals surface area contributed by atoms with Crippen molar-refractivity contribution in [2.45, 2.75) is 87.8 Å². The molecule has 4 aliphatic carbocycles. The molecular formula is C22H32N2O. The van der Waals surface area contributed by atoms with Gasteiger partial charge in [0.15, 0.2) is 0 Å². The zero-order chi connectivity index (χ0) is 17.5. The lowest BCUT2D eigenvalue weighted by Crippen LogP contribution is -2.77. The van der Waals surface area contributed by atoms with Gasteiger partial charge in [-0.25, -0.2) is 0 Å². The van der Waals surface area contributed by atoms with Gasteiger partial charge in [-0.15, -0.1) is 0 Å². The molecule has 1 aromatic carbocycles. The Labute approximate surface area is 151 Å². The first-order valence-corrected chi connectivity index (χ1v) is 10.2. The predicted octanol–water partition coefficient (Wildman–Crippen LogP) is 3.24. The van der Waals surface area contributed by atoms with E-state index in [1.807, 2.05) is 0 Å². The molecule has 0 heterocycles. The van der Waals surface area contributed by atoms with Crippen molar-refractivity contribution in [3.8, 4) is 0 Å². The van der Waals surface area contributed by atoms with Gasteiger partial charge in [0.1, 0.15) is 0 Å². The van der Waals surface area contributed by atoms with Crippen molar-refractivity contribution in [2.24, 2.45) is 22.3 Å². The quantitative estimate of drug-likeness (QED) is 0.679. The Hall–Kier alpha value is -0.900. The largest absolute Gasteiger partial charge is 0.392 e. The Balaban J connectivity index is 1.64. The standard InChI is InChI=1S/C22H32N2O/c1-19-12-9-17-16-7-3-2-6-15(16)8-13-21(17,23)22(19,24)14-20(18(19)25)10-4-5-11-20/h2-3,6-7,17-18,25H,4-5,8-14,23-24H2,1H3/t17-,18-,19-,21+,22+/m0/s1. The summed E-state index contributed by atoms with van der Waals surface area (Å²) in [6, 6.07) is 8.81. The van der Waals surface area contributed by atoms with Crippen LogP contribution in [0.1, 0.15) is 75.3 Å². The van der Waals surface area contributed by atoms with Gasteiger partial charge < -0.3 is 16.6 Å². The van der Waals surface area contributed by atoms with Gasteiger partial charge in [-0.05, 0) is 61.5 Å². The van der Waals surface area contributed by atoms with Crippen molar-refractivity contribution in [3.63, 3.8) is 0 Å². The van der Waals surface area contributed by atoms with Crippen LogP contribution in [0.3, 0.4) is 0 Å². The van der Waals surface area contributed by atoms with Crippen LogP contribution in [0.5, 0.6) is 0 Å². The van der Waals surface area contributed by atoms with E-state index in [1.54, 1.807) is 0 Å². The smallest absolute Gasteiger partial charge is 0.0668 e. The highest BCUT2D eigenvalue weighted by molar-refractivity contribution is 5.43. The zero-order valence-corrected chi connectivity index (χ0v) is 15.4. The molecule has 1 spiro atoms. The number of fused-ring (bicyclic) bond motifs is 5. The van der Waals surface area contributed by atoms with Gasteiger partial charge in [-0.1, -0.05) is 44.0 Å². The molecule has 3 fully saturated rings. The van der Waals surface area contributed by atoms with Crippen molar-refractivity contribution >= 4 is 0 Å². The molecule has 25 heavy (non-hydrogen) atoms. The van der Waals surface area contributed by atoms with E-state index < -0.39 is 11.1 Å². The molecule has 5 rings (SSSR count). The first kappa shape index (κ1) is 16.3. The van der Waals surface area contributed by atoms with Crippen LogP contribution in [0.2, 0.25) is 0 Å². The number of hydrogen-bond donors (Lipinski definition) is 3. The molecule has 3 nitrogen and oxygen atoms in total. The summed E-state index contributed by atoms with van der Waals surface area (Å²) in [7, 11) is 0. The van der Waals surface area contributed by atoms with Crippen LogP contribution >= 0.6 is 0 Å². The SMILES string of the molecule is C[C@@]12CC[C@H]3c4ccccc4CC[C@]3(N)[C@@]1(N)CC1(CCCC1)[C@H]2O. The summed E-state index contributed by atoms with van der Waals surface area (Å²) in [5.74, 6) is 0.333. The van der Waals surface area contributed by atoms with E-state index in [0.29, 0.717) is 5.92 Å². The summed E-state index contributed by atoms with van der Waals surface area (Å²) in [6.07, 6.45) is 9.32. The van der Waals surface area contributed by atoms with Crippen molar-refractivity contribution in [3.05, 3.63) is 35.4 Å². The number of benzene rings is 1. The Morgan fingerprint density at radius 3 is 2.52 bits per heavy atom. The fraction of sp³-hybridized carbons (Fsp3) is 0.727. The maximum Gasteiger partial charge on any atom is 0.0668 e. The number of aliphatic hydroxyl groups is 1. The summed E-state index contributed by atoms with van der Waals surface area (Å²) in [5.41, 5.74) is 16.3. The van der Waals surface area contributed by atoms with E-state index in [0.717, 1.165) is 44.9 Å². The lowest BCUT2D eigenvalue weighted by molar-refractivity contribution is -0.0712. The molecule has 3 saturated carbocycles. The maximum atomic E-state index is 11.5.